The molecule has 2 aromatic carbocycles. The number of carbonyl (C=O) groups is 1. The summed E-state index contributed by atoms with van der Waals surface area (Å²) in [5, 5.41) is 6.30. The lowest BCUT2D eigenvalue weighted by Crippen LogP contribution is -2.44. The van der Waals surface area contributed by atoms with Gasteiger partial charge in [-0.05, 0) is 56.6 Å². The molecule has 1 saturated heterocycles. The number of hydrogen-bond acceptors (Lipinski definition) is 7. The number of piperazine rings is 1. The molecule has 36 heavy (non-hydrogen) atoms. The molecule has 1 aliphatic carbocycles. The van der Waals surface area contributed by atoms with Gasteiger partial charge in [0.05, 0.1) is 24.0 Å². The van der Waals surface area contributed by atoms with Crippen molar-refractivity contribution in [2.24, 2.45) is 0 Å². The average molecular weight is 489 g/mol. The van der Waals surface area contributed by atoms with E-state index in [1.807, 2.05) is 31.2 Å². The Kier molecular flexibility index (Phi) is 5.52. The first-order chi connectivity index (χ1) is 17.5. The van der Waals surface area contributed by atoms with Gasteiger partial charge in [0.1, 0.15) is 11.4 Å². The summed E-state index contributed by atoms with van der Waals surface area (Å²) in [4.78, 5) is 25.8. The Morgan fingerprint density at radius 2 is 1.94 bits per heavy atom. The van der Waals surface area contributed by atoms with E-state index in [1.54, 1.807) is 6.07 Å². The van der Waals surface area contributed by atoms with Gasteiger partial charge in [0.2, 0.25) is 5.95 Å². The largest absolute Gasteiger partial charge is 0.492 e. The van der Waals surface area contributed by atoms with Gasteiger partial charge < -0.3 is 25.2 Å². The van der Waals surface area contributed by atoms with E-state index < -0.39 is 5.82 Å². The number of ether oxygens (including phenoxy) is 1. The topological polar surface area (TPSA) is 82.6 Å². The molecule has 3 aromatic rings. The zero-order valence-corrected chi connectivity index (χ0v) is 20.5. The minimum atomic E-state index is -0.545. The zero-order chi connectivity index (χ0) is 24.9. The van der Waals surface area contributed by atoms with Crippen LogP contribution in [0.3, 0.4) is 0 Å². The number of halogens is 1. The molecule has 186 valence electrons. The summed E-state index contributed by atoms with van der Waals surface area (Å²) in [5.41, 5.74) is 3.85. The van der Waals surface area contributed by atoms with Crippen LogP contribution in [0.2, 0.25) is 0 Å². The maximum Gasteiger partial charge on any atom is 0.252 e. The fraction of sp³-hybridized carbons (Fsp3) is 0.370. The molecule has 0 radical (unpaired) electrons. The molecule has 2 N–H and O–H groups in total. The number of anilines is 3. The molecular weight excluding hydrogens is 459 g/mol. The van der Waals surface area contributed by atoms with Gasteiger partial charge in [-0.2, -0.15) is 0 Å². The Labute approximate surface area is 209 Å². The van der Waals surface area contributed by atoms with E-state index >= 15 is 0 Å². The van der Waals surface area contributed by atoms with Crippen molar-refractivity contribution in [1.82, 2.24) is 20.2 Å². The van der Waals surface area contributed by atoms with E-state index in [0.29, 0.717) is 23.5 Å². The van der Waals surface area contributed by atoms with E-state index in [-0.39, 0.29) is 23.1 Å². The summed E-state index contributed by atoms with van der Waals surface area (Å²) in [6.45, 7) is 6.32. The number of aromatic nitrogens is 2. The molecule has 1 aromatic heterocycles. The van der Waals surface area contributed by atoms with Crippen LogP contribution in [0.1, 0.15) is 35.7 Å². The lowest BCUT2D eigenvalue weighted by molar-refractivity contribution is 0.0952. The van der Waals surface area contributed by atoms with Crippen molar-refractivity contribution < 1.29 is 13.9 Å². The van der Waals surface area contributed by atoms with Crippen molar-refractivity contribution >= 4 is 23.2 Å². The Hall–Kier alpha value is -3.72. The number of hydrogen-bond donors (Lipinski definition) is 2. The first-order valence-corrected chi connectivity index (χ1v) is 12.4. The molecule has 3 aliphatic rings. The second-order valence-corrected chi connectivity index (χ2v) is 9.72. The van der Waals surface area contributed by atoms with E-state index in [2.05, 4.69) is 43.5 Å². The van der Waals surface area contributed by atoms with Gasteiger partial charge in [-0.25, -0.2) is 14.4 Å². The summed E-state index contributed by atoms with van der Waals surface area (Å²) in [6.07, 6.45) is 3.04. The van der Waals surface area contributed by atoms with Gasteiger partial charge in [0, 0.05) is 43.0 Å². The predicted molar refractivity (Wildman–Crippen MR) is 136 cm³/mol. The first-order valence-electron chi connectivity index (χ1n) is 12.4. The monoisotopic (exact) mass is 488 g/mol. The van der Waals surface area contributed by atoms with Crippen molar-refractivity contribution in [1.29, 1.82) is 0 Å². The highest BCUT2D eigenvalue weighted by Gasteiger charge is 2.52. The van der Waals surface area contributed by atoms with E-state index in [0.717, 1.165) is 62.2 Å². The fourth-order valence-electron chi connectivity index (χ4n) is 5.08. The van der Waals surface area contributed by atoms with Gasteiger partial charge in [-0.1, -0.05) is 12.1 Å². The van der Waals surface area contributed by atoms with Crippen LogP contribution in [0, 0.1) is 5.82 Å². The van der Waals surface area contributed by atoms with Gasteiger partial charge in [0.25, 0.3) is 5.91 Å². The lowest BCUT2D eigenvalue weighted by atomic mass is 9.99. The summed E-state index contributed by atoms with van der Waals surface area (Å²) < 4.78 is 20.7. The Balaban J connectivity index is 1.31. The van der Waals surface area contributed by atoms with Crippen LogP contribution in [0.4, 0.5) is 21.7 Å². The molecule has 1 saturated carbocycles. The van der Waals surface area contributed by atoms with E-state index in [9.17, 15) is 9.18 Å². The van der Waals surface area contributed by atoms with Gasteiger partial charge in [0.15, 0.2) is 5.82 Å². The van der Waals surface area contributed by atoms with Crippen LogP contribution in [0.5, 0.6) is 5.75 Å². The summed E-state index contributed by atoms with van der Waals surface area (Å²) in [6, 6.07) is 11.5. The van der Waals surface area contributed by atoms with Crippen LogP contribution in [0.15, 0.2) is 42.6 Å². The number of carbonyl (C=O) groups excluding carboxylic acids is 1. The standard InChI is InChI=1S/C27H29FN6O2/c1-3-36-23-7-5-18(34-12-10-33(2)11-13-34)15-22(23)30-26-29-16-21(28)24(31-26)17-4-6-20-19(14-17)25(35)32-27(20)8-9-27/h4-7,14-16H,3,8-13H2,1-2H3,(H,32,35)(H,29,30,31). The molecule has 6 rings (SSSR count). The van der Waals surface area contributed by atoms with Crippen molar-refractivity contribution in [3.8, 4) is 17.0 Å². The summed E-state index contributed by atoms with van der Waals surface area (Å²) in [7, 11) is 2.13. The Morgan fingerprint density at radius 3 is 2.69 bits per heavy atom. The third-order valence-corrected chi connectivity index (χ3v) is 7.28. The Bertz CT molecular complexity index is 1330. The second-order valence-electron chi connectivity index (χ2n) is 9.72. The van der Waals surface area contributed by atoms with Crippen LogP contribution < -0.4 is 20.3 Å². The smallest absolute Gasteiger partial charge is 0.252 e. The third kappa shape index (κ3) is 4.03. The van der Waals surface area contributed by atoms with Crippen LogP contribution in [-0.4, -0.2) is 60.6 Å². The zero-order valence-electron chi connectivity index (χ0n) is 20.5. The molecule has 3 heterocycles. The molecule has 2 aliphatic heterocycles. The summed E-state index contributed by atoms with van der Waals surface area (Å²) >= 11 is 0. The second kappa shape index (κ2) is 8.74. The molecule has 0 unspecified atom stereocenters. The molecular formula is C27H29FN6O2. The highest BCUT2D eigenvalue weighted by atomic mass is 19.1. The number of likely N-dealkylation sites (N-methyl/N-ethyl adjacent to an activating group) is 1. The third-order valence-electron chi connectivity index (χ3n) is 7.28. The van der Waals surface area contributed by atoms with E-state index in [4.69, 9.17) is 4.74 Å². The minimum absolute atomic E-state index is 0.112. The minimum Gasteiger partial charge on any atom is -0.492 e. The molecule has 2 fully saturated rings. The van der Waals surface area contributed by atoms with Crippen LogP contribution in [-0.2, 0) is 5.54 Å². The van der Waals surface area contributed by atoms with Crippen LogP contribution in [0.25, 0.3) is 11.3 Å². The highest BCUT2D eigenvalue weighted by Crippen LogP contribution is 2.50. The first kappa shape index (κ1) is 22.7. The van der Waals surface area contributed by atoms with Crippen molar-refractivity contribution in [2.45, 2.75) is 25.3 Å². The SMILES string of the molecule is CCOc1ccc(N2CCN(C)CC2)cc1Nc1ncc(F)c(-c2ccc3c(c2)C(=O)NC32CC2)n1. The number of benzene rings is 2. The predicted octanol–water partition coefficient (Wildman–Crippen LogP) is 3.91. The quantitative estimate of drug-likeness (QED) is 0.544. The van der Waals surface area contributed by atoms with Gasteiger partial charge >= 0.3 is 0 Å². The highest BCUT2D eigenvalue weighted by molar-refractivity contribution is 6.01. The molecule has 9 heteroatoms. The fourth-order valence-corrected chi connectivity index (χ4v) is 5.08. The number of fused-ring (bicyclic) bond motifs is 2. The molecule has 0 atom stereocenters. The maximum atomic E-state index is 14.9. The molecule has 8 nitrogen and oxygen atoms in total. The number of nitrogens with zero attached hydrogens (tertiary/aromatic N) is 4. The van der Waals surface area contributed by atoms with E-state index in [1.165, 1.54) is 0 Å². The average Bonchev–Trinajstić information content (AvgIpc) is 3.60. The van der Waals surface area contributed by atoms with Crippen LogP contribution >= 0.6 is 0 Å². The summed E-state index contributed by atoms with van der Waals surface area (Å²) in [5.74, 6) is 0.274. The van der Waals surface area contributed by atoms with Crippen molar-refractivity contribution in [2.75, 3.05) is 50.1 Å². The van der Waals surface area contributed by atoms with Gasteiger partial charge in [-0.3, -0.25) is 4.79 Å². The Morgan fingerprint density at radius 1 is 1.14 bits per heavy atom. The maximum absolute atomic E-state index is 14.9. The van der Waals surface area contributed by atoms with Gasteiger partial charge in [-0.15, -0.1) is 0 Å². The number of nitrogens with one attached hydrogen (secondary N) is 2. The lowest BCUT2D eigenvalue weighted by Gasteiger charge is -2.34. The van der Waals surface area contributed by atoms with Crippen molar-refractivity contribution in [3.05, 3.63) is 59.5 Å². The molecule has 0 bridgehead atoms. The number of rotatable bonds is 6. The van der Waals surface area contributed by atoms with Crippen molar-refractivity contribution in [3.63, 3.8) is 0 Å². The normalized spacial score (nSPS) is 18.2. The number of amides is 1. The molecule has 1 amide bonds. The molecule has 1 spiro atoms.